The molecule has 116 valence electrons. The maximum Gasteiger partial charge on any atom is 0.131 e. The molecule has 0 bridgehead atoms. The average molecular weight is 315 g/mol. The van der Waals surface area contributed by atoms with E-state index in [0.717, 1.165) is 30.4 Å². The van der Waals surface area contributed by atoms with Crippen LogP contribution in [0.25, 0.3) is 0 Å². The van der Waals surface area contributed by atoms with E-state index >= 15 is 0 Å². The molecule has 1 fully saturated rings. The van der Waals surface area contributed by atoms with Crippen molar-refractivity contribution in [2.24, 2.45) is 10.9 Å². The van der Waals surface area contributed by atoms with Crippen molar-refractivity contribution in [2.45, 2.75) is 18.9 Å². The lowest BCUT2D eigenvalue weighted by molar-refractivity contribution is 0.00300. The minimum atomic E-state index is -0.675. The summed E-state index contributed by atoms with van der Waals surface area (Å²) in [6, 6.07) is 3.74. The van der Waals surface area contributed by atoms with E-state index in [4.69, 9.17) is 9.84 Å². The number of hydrogen-bond donors (Lipinski definition) is 1. The van der Waals surface area contributed by atoms with E-state index in [2.05, 4.69) is 4.99 Å². The standard InChI is InChI=1S/C14H15F2NOS.CH4O/c1-9-17-14(8-18-5-4-10(14)7-19-9)12-3-2-11(15)6-13(12)16;1-2/h2-3,6,10H,4-5,7-8H2,1H3;2H,1H3. The summed E-state index contributed by atoms with van der Waals surface area (Å²) < 4.78 is 32.8. The SMILES string of the molecule is CC1=NC2(c3ccc(F)cc3F)COCCC2CS1.CO. The van der Waals surface area contributed by atoms with Crippen LogP contribution in [0.15, 0.2) is 23.2 Å². The molecule has 3 nitrogen and oxygen atoms in total. The molecule has 0 saturated carbocycles. The van der Waals surface area contributed by atoms with E-state index in [9.17, 15) is 8.78 Å². The molecule has 2 atom stereocenters. The monoisotopic (exact) mass is 315 g/mol. The van der Waals surface area contributed by atoms with Crippen LogP contribution in [0.3, 0.4) is 0 Å². The molecule has 2 heterocycles. The highest BCUT2D eigenvalue weighted by Crippen LogP contribution is 2.45. The van der Waals surface area contributed by atoms with Gasteiger partial charge in [-0.25, -0.2) is 8.78 Å². The zero-order valence-corrected chi connectivity index (χ0v) is 12.9. The number of nitrogens with zero attached hydrogens (tertiary/aromatic N) is 1. The van der Waals surface area contributed by atoms with E-state index in [1.807, 2.05) is 6.92 Å². The number of aliphatic hydroxyl groups is 1. The number of hydrogen-bond acceptors (Lipinski definition) is 4. The molecule has 0 spiro atoms. The Morgan fingerprint density at radius 1 is 1.38 bits per heavy atom. The van der Waals surface area contributed by atoms with E-state index in [0.29, 0.717) is 18.8 Å². The molecule has 1 aromatic carbocycles. The molecule has 0 radical (unpaired) electrons. The number of fused-ring (bicyclic) bond motifs is 1. The smallest absolute Gasteiger partial charge is 0.131 e. The Morgan fingerprint density at radius 3 is 2.86 bits per heavy atom. The van der Waals surface area contributed by atoms with Crippen LogP contribution in [0.1, 0.15) is 18.9 Å². The number of benzene rings is 1. The van der Waals surface area contributed by atoms with Gasteiger partial charge in [-0.15, -0.1) is 11.8 Å². The predicted molar refractivity (Wildman–Crippen MR) is 80.7 cm³/mol. The molecule has 2 unspecified atom stereocenters. The van der Waals surface area contributed by atoms with Gasteiger partial charge >= 0.3 is 0 Å². The molecule has 2 aliphatic heterocycles. The zero-order valence-electron chi connectivity index (χ0n) is 12.1. The van der Waals surface area contributed by atoms with Gasteiger partial charge < -0.3 is 9.84 Å². The number of rotatable bonds is 1. The first-order chi connectivity index (χ1) is 10.1. The van der Waals surface area contributed by atoms with Gasteiger partial charge in [0.15, 0.2) is 0 Å². The van der Waals surface area contributed by atoms with Crippen LogP contribution >= 0.6 is 11.8 Å². The molecule has 2 aliphatic rings. The summed E-state index contributed by atoms with van der Waals surface area (Å²) in [6.45, 7) is 2.99. The molecule has 0 aromatic heterocycles. The maximum atomic E-state index is 14.2. The van der Waals surface area contributed by atoms with Gasteiger partial charge in [-0.05, 0) is 19.4 Å². The van der Waals surface area contributed by atoms with E-state index in [1.165, 1.54) is 12.1 Å². The quantitative estimate of drug-likeness (QED) is 0.866. The van der Waals surface area contributed by atoms with Crippen LogP contribution < -0.4 is 0 Å². The third-order valence-corrected chi connectivity index (χ3v) is 4.93. The van der Waals surface area contributed by atoms with Crippen LogP contribution in [0.5, 0.6) is 0 Å². The van der Waals surface area contributed by atoms with Crippen molar-refractivity contribution in [3.8, 4) is 0 Å². The second-order valence-electron chi connectivity index (χ2n) is 5.03. The summed E-state index contributed by atoms with van der Waals surface area (Å²) in [7, 11) is 1.00. The first-order valence-electron chi connectivity index (χ1n) is 6.79. The average Bonchev–Trinajstić information content (AvgIpc) is 2.48. The highest BCUT2D eigenvalue weighted by molar-refractivity contribution is 8.13. The lowest BCUT2D eigenvalue weighted by Gasteiger charge is -2.44. The number of aliphatic hydroxyl groups excluding tert-OH is 1. The van der Waals surface area contributed by atoms with E-state index in [-0.39, 0.29) is 5.92 Å². The lowest BCUT2D eigenvalue weighted by atomic mass is 9.76. The summed E-state index contributed by atoms with van der Waals surface area (Å²) in [5.74, 6) is 0.0702. The molecule has 0 aliphatic carbocycles. The molecule has 1 aromatic rings. The van der Waals surface area contributed by atoms with Gasteiger partial charge in [0.25, 0.3) is 0 Å². The molecular formula is C15H19F2NO2S. The van der Waals surface area contributed by atoms with Crippen molar-refractivity contribution in [1.82, 2.24) is 0 Å². The summed E-state index contributed by atoms with van der Waals surface area (Å²) >= 11 is 1.70. The zero-order chi connectivity index (χ0) is 15.5. The summed E-state index contributed by atoms with van der Waals surface area (Å²) in [4.78, 5) is 4.69. The van der Waals surface area contributed by atoms with Gasteiger partial charge in [0.05, 0.1) is 11.7 Å². The van der Waals surface area contributed by atoms with E-state index < -0.39 is 17.2 Å². The number of ether oxygens (including phenoxy) is 1. The van der Waals surface area contributed by atoms with Crippen molar-refractivity contribution in [2.75, 3.05) is 26.1 Å². The molecule has 1 saturated heterocycles. The van der Waals surface area contributed by atoms with Crippen LogP contribution in [0.2, 0.25) is 0 Å². The molecule has 6 heteroatoms. The Hall–Kier alpha value is -0.980. The normalized spacial score (nSPS) is 28.0. The number of halogens is 2. The first kappa shape index (κ1) is 16.4. The van der Waals surface area contributed by atoms with Crippen LogP contribution in [-0.4, -0.2) is 36.2 Å². The minimum absolute atomic E-state index is 0.245. The topological polar surface area (TPSA) is 41.8 Å². The highest BCUT2D eigenvalue weighted by atomic mass is 32.2. The summed E-state index contributed by atoms with van der Waals surface area (Å²) in [5.41, 5.74) is -0.219. The second kappa shape index (κ2) is 6.85. The van der Waals surface area contributed by atoms with Crippen molar-refractivity contribution in [1.29, 1.82) is 0 Å². The second-order valence-corrected chi connectivity index (χ2v) is 6.24. The third kappa shape index (κ3) is 3.12. The van der Waals surface area contributed by atoms with Crippen molar-refractivity contribution in [3.05, 3.63) is 35.4 Å². The Kier molecular flexibility index (Phi) is 5.35. The van der Waals surface area contributed by atoms with Crippen LogP contribution in [0.4, 0.5) is 8.78 Å². The van der Waals surface area contributed by atoms with Gasteiger partial charge in [0.2, 0.25) is 0 Å². The van der Waals surface area contributed by atoms with Crippen LogP contribution in [-0.2, 0) is 10.3 Å². The highest BCUT2D eigenvalue weighted by Gasteiger charge is 2.46. The van der Waals surface area contributed by atoms with Gasteiger partial charge in [0.1, 0.15) is 17.2 Å². The predicted octanol–water partition coefficient (Wildman–Crippen LogP) is 2.97. The first-order valence-corrected chi connectivity index (χ1v) is 7.77. The Bertz CT molecular complexity index is 538. The van der Waals surface area contributed by atoms with Crippen molar-refractivity contribution >= 4 is 16.8 Å². The van der Waals surface area contributed by atoms with Crippen molar-refractivity contribution < 1.29 is 18.6 Å². The maximum absolute atomic E-state index is 14.2. The van der Waals surface area contributed by atoms with E-state index in [1.54, 1.807) is 11.8 Å². The molecule has 3 rings (SSSR count). The van der Waals surface area contributed by atoms with Crippen molar-refractivity contribution in [3.63, 3.8) is 0 Å². The fourth-order valence-corrected chi connectivity index (χ4v) is 4.00. The minimum Gasteiger partial charge on any atom is -0.400 e. The number of thioether (sulfide) groups is 1. The fourth-order valence-electron chi connectivity index (χ4n) is 2.89. The summed E-state index contributed by atoms with van der Waals surface area (Å²) in [5, 5.41) is 7.94. The molecule has 0 amide bonds. The molecular weight excluding hydrogens is 296 g/mol. The number of aliphatic imine (C=N–C) groups is 1. The lowest BCUT2D eigenvalue weighted by Crippen LogP contribution is -2.46. The Labute approximate surface area is 127 Å². The molecule has 1 N–H and O–H groups in total. The third-order valence-electron chi connectivity index (χ3n) is 3.86. The fraction of sp³-hybridized carbons (Fsp3) is 0.533. The van der Waals surface area contributed by atoms with Gasteiger partial charge in [0, 0.05) is 37.0 Å². The van der Waals surface area contributed by atoms with Gasteiger partial charge in [-0.2, -0.15) is 0 Å². The van der Waals surface area contributed by atoms with Gasteiger partial charge in [-0.3, -0.25) is 4.99 Å². The molecule has 21 heavy (non-hydrogen) atoms. The van der Waals surface area contributed by atoms with Crippen LogP contribution in [0, 0.1) is 17.6 Å². The largest absolute Gasteiger partial charge is 0.400 e. The van der Waals surface area contributed by atoms with Gasteiger partial charge in [-0.1, -0.05) is 6.07 Å². The summed E-state index contributed by atoms with van der Waals surface area (Å²) in [6.07, 6.45) is 0.862. The Morgan fingerprint density at radius 2 is 2.14 bits per heavy atom. The Balaban J connectivity index is 0.000000774.